The fraction of sp³-hybridized carbons (Fsp3) is 1.00. The summed E-state index contributed by atoms with van der Waals surface area (Å²) >= 11 is 0. The average Bonchev–Trinajstić information content (AvgIpc) is 3.19. The van der Waals surface area contributed by atoms with Crippen LogP contribution in [-0.4, -0.2) is 56.0 Å². The molecule has 4 nitrogen and oxygen atoms in total. The Kier molecular flexibility index (Phi) is 5.06. The van der Waals surface area contributed by atoms with E-state index in [9.17, 15) is 8.42 Å². The highest BCUT2D eigenvalue weighted by molar-refractivity contribution is 7.92. The second-order valence-corrected chi connectivity index (χ2v) is 10.8. The Morgan fingerprint density at radius 1 is 1.24 bits per heavy atom. The maximum Gasteiger partial charge on any atom is 0.153 e. The first-order valence-corrected chi connectivity index (χ1v) is 10.0. The van der Waals surface area contributed by atoms with Crippen LogP contribution in [0.4, 0.5) is 0 Å². The topological polar surface area (TPSA) is 49.4 Å². The smallest absolute Gasteiger partial charge is 0.153 e. The summed E-state index contributed by atoms with van der Waals surface area (Å²) in [5.74, 6) is 1.10. The van der Waals surface area contributed by atoms with Gasteiger partial charge in [-0.25, -0.2) is 8.42 Å². The third-order valence-electron chi connectivity index (χ3n) is 5.02. The van der Waals surface area contributed by atoms with Crippen LogP contribution < -0.4 is 5.32 Å². The van der Waals surface area contributed by atoms with Gasteiger partial charge in [0.25, 0.3) is 0 Å². The highest BCUT2D eigenvalue weighted by Gasteiger charge is 2.40. The molecule has 124 valence electrons. The molecule has 1 N–H and O–H groups in total. The van der Waals surface area contributed by atoms with Crippen molar-refractivity contribution >= 4 is 9.84 Å². The lowest BCUT2D eigenvalue weighted by molar-refractivity contribution is 0.0564. The molecule has 2 unspecified atom stereocenters. The number of rotatable bonds is 5. The Morgan fingerprint density at radius 3 is 2.33 bits per heavy atom. The van der Waals surface area contributed by atoms with Gasteiger partial charge < -0.3 is 5.32 Å². The quantitative estimate of drug-likeness (QED) is 0.842. The molecule has 1 aliphatic heterocycles. The van der Waals surface area contributed by atoms with Crippen LogP contribution in [0.2, 0.25) is 0 Å². The van der Waals surface area contributed by atoms with Gasteiger partial charge >= 0.3 is 0 Å². The number of nitrogens with one attached hydrogen (secondary N) is 1. The fourth-order valence-electron chi connectivity index (χ4n) is 3.23. The van der Waals surface area contributed by atoms with Crippen LogP contribution in [0.15, 0.2) is 0 Å². The predicted octanol–water partition coefficient (Wildman–Crippen LogP) is 1.91. The average molecular weight is 317 g/mol. The van der Waals surface area contributed by atoms with E-state index in [1.54, 1.807) is 13.8 Å². The zero-order valence-electron chi connectivity index (χ0n) is 14.2. The summed E-state index contributed by atoms with van der Waals surface area (Å²) in [5, 5.41) is 3.43. The Morgan fingerprint density at radius 2 is 1.86 bits per heavy atom. The van der Waals surface area contributed by atoms with Crippen LogP contribution in [0.1, 0.15) is 47.5 Å². The number of piperazine rings is 1. The molecule has 1 heterocycles. The Balaban J connectivity index is 2.02. The number of sulfone groups is 1. The molecule has 0 aromatic carbocycles. The normalized spacial score (nSPS) is 29.0. The molecule has 0 aromatic rings. The summed E-state index contributed by atoms with van der Waals surface area (Å²) in [4.78, 5) is 2.43. The van der Waals surface area contributed by atoms with Gasteiger partial charge in [-0.3, -0.25) is 4.90 Å². The van der Waals surface area contributed by atoms with Gasteiger partial charge in [-0.15, -0.1) is 0 Å². The van der Waals surface area contributed by atoms with E-state index in [0.29, 0.717) is 18.6 Å². The first-order chi connectivity index (χ1) is 9.61. The van der Waals surface area contributed by atoms with Gasteiger partial charge in [-0.1, -0.05) is 20.8 Å². The summed E-state index contributed by atoms with van der Waals surface area (Å²) in [7, 11) is -2.95. The van der Waals surface area contributed by atoms with Crippen LogP contribution >= 0.6 is 0 Å². The molecular formula is C16H32N2O2S. The maximum atomic E-state index is 12.1. The van der Waals surface area contributed by atoms with Crippen molar-refractivity contribution < 1.29 is 8.42 Å². The summed E-state index contributed by atoms with van der Waals surface area (Å²) in [6.45, 7) is 13.0. The Labute approximate surface area is 130 Å². The van der Waals surface area contributed by atoms with Crippen molar-refractivity contribution in [2.45, 2.75) is 64.8 Å². The molecule has 1 saturated heterocycles. The molecule has 0 aromatic heterocycles. The molecular weight excluding hydrogens is 284 g/mol. The lowest BCUT2D eigenvalue weighted by atomic mass is 9.83. The Bertz CT molecular complexity index is 449. The molecule has 0 radical (unpaired) electrons. The monoisotopic (exact) mass is 316 g/mol. The van der Waals surface area contributed by atoms with E-state index in [0.717, 1.165) is 19.0 Å². The van der Waals surface area contributed by atoms with Crippen molar-refractivity contribution in [3.8, 4) is 0 Å². The molecule has 1 aliphatic carbocycles. The van der Waals surface area contributed by atoms with E-state index in [1.807, 2.05) is 0 Å². The molecule has 2 aliphatic rings. The first kappa shape index (κ1) is 17.2. The SMILES string of the molecule is CC(C)S(=O)(=O)CCN1CC(C2CC2)NCC1C(C)(C)C. The fourth-order valence-corrected chi connectivity index (χ4v) is 4.19. The second kappa shape index (κ2) is 6.17. The van der Waals surface area contributed by atoms with E-state index < -0.39 is 9.84 Å². The largest absolute Gasteiger partial charge is 0.311 e. The van der Waals surface area contributed by atoms with Crippen LogP contribution in [0.25, 0.3) is 0 Å². The third kappa shape index (κ3) is 4.42. The second-order valence-electron chi connectivity index (χ2n) is 8.14. The number of nitrogens with zero attached hydrogens (tertiary/aromatic N) is 1. The maximum absolute atomic E-state index is 12.1. The molecule has 0 bridgehead atoms. The Hall–Kier alpha value is -0.130. The van der Waals surface area contributed by atoms with E-state index >= 15 is 0 Å². The van der Waals surface area contributed by atoms with Gasteiger partial charge in [0.2, 0.25) is 0 Å². The highest BCUT2D eigenvalue weighted by Crippen LogP contribution is 2.36. The lowest BCUT2D eigenvalue weighted by Gasteiger charge is -2.46. The zero-order valence-corrected chi connectivity index (χ0v) is 15.0. The summed E-state index contributed by atoms with van der Waals surface area (Å²) in [5.41, 5.74) is 0.170. The molecule has 2 fully saturated rings. The molecule has 1 saturated carbocycles. The molecule has 2 rings (SSSR count). The minimum Gasteiger partial charge on any atom is -0.311 e. The number of hydrogen-bond acceptors (Lipinski definition) is 4. The summed E-state index contributed by atoms with van der Waals surface area (Å²) in [6.07, 6.45) is 2.66. The van der Waals surface area contributed by atoms with Gasteiger partial charge in [0.15, 0.2) is 9.84 Å². The van der Waals surface area contributed by atoms with Crippen molar-refractivity contribution in [2.75, 3.05) is 25.4 Å². The molecule has 5 heteroatoms. The van der Waals surface area contributed by atoms with Gasteiger partial charge in [0, 0.05) is 31.7 Å². The third-order valence-corrected chi connectivity index (χ3v) is 7.21. The van der Waals surface area contributed by atoms with Crippen LogP contribution in [0.3, 0.4) is 0 Å². The van der Waals surface area contributed by atoms with Crippen LogP contribution in [0, 0.1) is 11.3 Å². The molecule has 0 amide bonds. The van der Waals surface area contributed by atoms with Gasteiger partial charge in [-0.2, -0.15) is 0 Å². The van der Waals surface area contributed by atoms with Crippen molar-refractivity contribution in [3.63, 3.8) is 0 Å². The molecule has 21 heavy (non-hydrogen) atoms. The first-order valence-electron chi connectivity index (χ1n) is 8.30. The van der Waals surface area contributed by atoms with E-state index in [-0.39, 0.29) is 16.4 Å². The van der Waals surface area contributed by atoms with Crippen molar-refractivity contribution in [3.05, 3.63) is 0 Å². The van der Waals surface area contributed by atoms with Gasteiger partial charge in [0.1, 0.15) is 0 Å². The van der Waals surface area contributed by atoms with Crippen LogP contribution in [0.5, 0.6) is 0 Å². The number of hydrogen-bond donors (Lipinski definition) is 1. The summed E-state index contributed by atoms with van der Waals surface area (Å²) < 4.78 is 24.2. The minimum atomic E-state index is -2.95. The van der Waals surface area contributed by atoms with Crippen molar-refractivity contribution in [2.24, 2.45) is 11.3 Å². The molecule has 2 atom stereocenters. The lowest BCUT2D eigenvalue weighted by Crippen LogP contribution is -2.61. The predicted molar refractivity (Wildman–Crippen MR) is 88.3 cm³/mol. The summed E-state index contributed by atoms with van der Waals surface area (Å²) in [6, 6.07) is 0.972. The van der Waals surface area contributed by atoms with Gasteiger partial charge in [0.05, 0.1) is 11.0 Å². The molecule has 0 spiro atoms. The van der Waals surface area contributed by atoms with E-state index in [2.05, 4.69) is 31.0 Å². The minimum absolute atomic E-state index is 0.170. The van der Waals surface area contributed by atoms with Gasteiger partial charge in [-0.05, 0) is 38.0 Å². The van der Waals surface area contributed by atoms with E-state index in [4.69, 9.17) is 0 Å². The standard InChI is InChI=1S/C16H32N2O2S/c1-12(2)21(19,20)9-8-18-11-14(13-6-7-13)17-10-15(18)16(3,4)5/h12-15,17H,6-11H2,1-5H3. The zero-order chi connectivity index (χ0) is 15.8. The van der Waals surface area contributed by atoms with Crippen LogP contribution in [-0.2, 0) is 9.84 Å². The highest BCUT2D eigenvalue weighted by atomic mass is 32.2. The van der Waals surface area contributed by atoms with Crippen molar-refractivity contribution in [1.29, 1.82) is 0 Å². The van der Waals surface area contributed by atoms with Crippen molar-refractivity contribution in [1.82, 2.24) is 10.2 Å². The van der Waals surface area contributed by atoms with E-state index in [1.165, 1.54) is 12.8 Å².